The number of carbonyl (C=O) groups excluding carboxylic acids is 1. The fourth-order valence-electron chi connectivity index (χ4n) is 3.82. The molecule has 0 aliphatic carbocycles. The van der Waals surface area contributed by atoms with Gasteiger partial charge < -0.3 is 15.7 Å². The predicted molar refractivity (Wildman–Crippen MR) is 96.7 cm³/mol. The van der Waals surface area contributed by atoms with E-state index in [9.17, 15) is 9.90 Å². The van der Waals surface area contributed by atoms with Gasteiger partial charge in [0, 0.05) is 25.0 Å². The Balaban J connectivity index is 1.37. The monoisotopic (exact) mass is 340 g/mol. The van der Waals surface area contributed by atoms with Crippen LogP contribution in [0.25, 0.3) is 10.8 Å². The van der Waals surface area contributed by atoms with Crippen molar-refractivity contribution in [3.05, 3.63) is 48.0 Å². The second-order valence-corrected chi connectivity index (χ2v) is 6.90. The molecule has 0 bridgehead atoms. The Hall–Kier alpha value is -1.99. The van der Waals surface area contributed by atoms with Gasteiger partial charge in [-0.05, 0) is 35.4 Å². The summed E-state index contributed by atoms with van der Waals surface area (Å²) < 4.78 is 0. The zero-order valence-corrected chi connectivity index (χ0v) is 14.0. The summed E-state index contributed by atoms with van der Waals surface area (Å²) in [5.74, 6) is 0.176. The number of amides is 1. The van der Waals surface area contributed by atoms with Gasteiger partial charge in [-0.15, -0.1) is 0 Å². The highest BCUT2D eigenvalue weighted by Gasteiger charge is 2.41. The molecule has 2 saturated heterocycles. The van der Waals surface area contributed by atoms with E-state index >= 15 is 0 Å². The molecule has 6 nitrogen and oxygen atoms in total. The molecular weight excluding hydrogens is 316 g/mol. The van der Waals surface area contributed by atoms with Crippen molar-refractivity contribution in [2.24, 2.45) is 5.92 Å². The molecule has 0 spiro atoms. The van der Waals surface area contributed by atoms with Gasteiger partial charge in [-0.25, -0.2) is 5.43 Å². The highest BCUT2D eigenvalue weighted by molar-refractivity contribution is 5.83. The third-order valence-corrected chi connectivity index (χ3v) is 5.29. The number of nitrogens with one attached hydrogen (secondary N) is 4. The SMILES string of the molecule is O=C(NCC(O)c1ccc2ccccc2c1)C1NNC2CCNCC21. The summed E-state index contributed by atoms with van der Waals surface area (Å²) in [5, 5.41) is 18.9. The number of carbonyl (C=O) groups is 1. The molecular formula is C19H24N4O2. The van der Waals surface area contributed by atoms with Crippen molar-refractivity contribution in [2.75, 3.05) is 19.6 Å². The minimum atomic E-state index is -0.719. The molecule has 0 radical (unpaired) electrons. The van der Waals surface area contributed by atoms with Crippen LogP contribution in [0.15, 0.2) is 42.5 Å². The zero-order chi connectivity index (χ0) is 17.2. The maximum absolute atomic E-state index is 12.5. The number of fused-ring (bicyclic) bond motifs is 2. The minimum Gasteiger partial charge on any atom is -0.387 e. The predicted octanol–water partition coefficient (Wildman–Crippen LogP) is 0.444. The summed E-state index contributed by atoms with van der Waals surface area (Å²) in [4.78, 5) is 12.5. The molecule has 132 valence electrons. The van der Waals surface area contributed by atoms with E-state index < -0.39 is 6.10 Å². The first-order valence-corrected chi connectivity index (χ1v) is 8.88. The van der Waals surface area contributed by atoms with E-state index in [0.29, 0.717) is 6.04 Å². The van der Waals surface area contributed by atoms with Gasteiger partial charge in [0.05, 0.1) is 6.10 Å². The Labute approximate surface area is 147 Å². The number of hydrogen-bond donors (Lipinski definition) is 5. The van der Waals surface area contributed by atoms with Crippen molar-refractivity contribution in [1.29, 1.82) is 0 Å². The van der Waals surface area contributed by atoms with Crippen LogP contribution in [0, 0.1) is 5.92 Å². The lowest BCUT2D eigenvalue weighted by Gasteiger charge is -2.27. The van der Waals surface area contributed by atoms with Crippen LogP contribution in [0.3, 0.4) is 0 Å². The van der Waals surface area contributed by atoms with Gasteiger partial charge in [0.15, 0.2) is 0 Å². The molecule has 4 unspecified atom stereocenters. The smallest absolute Gasteiger partial charge is 0.238 e. The summed E-state index contributed by atoms with van der Waals surface area (Å²) in [7, 11) is 0. The molecule has 5 N–H and O–H groups in total. The first kappa shape index (κ1) is 16.5. The van der Waals surface area contributed by atoms with E-state index in [2.05, 4.69) is 21.5 Å². The molecule has 0 aromatic heterocycles. The summed E-state index contributed by atoms with van der Waals surface area (Å²) in [6.07, 6.45) is 0.296. The van der Waals surface area contributed by atoms with Crippen LogP contribution in [-0.2, 0) is 4.79 Å². The Bertz CT molecular complexity index is 766. The van der Waals surface area contributed by atoms with Crippen molar-refractivity contribution in [2.45, 2.75) is 24.6 Å². The second kappa shape index (κ2) is 7.09. The lowest BCUT2D eigenvalue weighted by molar-refractivity contribution is -0.124. The molecule has 2 aliphatic rings. The number of aliphatic hydroxyl groups is 1. The summed E-state index contributed by atoms with van der Waals surface area (Å²) in [5.41, 5.74) is 7.13. The summed E-state index contributed by atoms with van der Waals surface area (Å²) in [6.45, 7) is 2.01. The van der Waals surface area contributed by atoms with Crippen molar-refractivity contribution in [1.82, 2.24) is 21.5 Å². The average molecular weight is 340 g/mol. The Morgan fingerprint density at radius 1 is 1.20 bits per heavy atom. The maximum Gasteiger partial charge on any atom is 0.238 e. The highest BCUT2D eigenvalue weighted by atomic mass is 16.3. The first-order chi connectivity index (χ1) is 12.2. The Morgan fingerprint density at radius 2 is 2.04 bits per heavy atom. The first-order valence-electron chi connectivity index (χ1n) is 8.88. The van der Waals surface area contributed by atoms with Crippen molar-refractivity contribution >= 4 is 16.7 Å². The van der Waals surface area contributed by atoms with Gasteiger partial charge in [0.25, 0.3) is 0 Å². The van der Waals surface area contributed by atoms with Crippen LogP contribution in [-0.4, -0.2) is 42.7 Å². The molecule has 25 heavy (non-hydrogen) atoms. The Kier molecular flexibility index (Phi) is 4.67. The average Bonchev–Trinajstić information content (AvgIpc) is 3.09. The molecule has 2 aromatic rings. The third-order valence-electron chi connectivity index (χ3n) is 5.29. The Morgan fingerprint density at radius 3 is 2.92 bits per heavy atom. The topological polar surface area (TPSA) is 85.4 Å². The van der Waals surface area contributed by atoms with Crippen molar-refractivity contribution in [3.63, 3.8) is 0 Å². The molecule has 2 fully saturated rings. The minimum absolute atomic E-state index is 0.0662. The van der Waals surface area contributed by atoms with Crippen LogP contribution in [0.1, 0.15) is 18.1 Å². The number of benzene rings is 2. The highest BCUT2D eigenvalue weighted by Crippen LogP contribution is 2.22. The van der Waals surface area contributed by atoms with Crippen LogP contribution < -0.4 is 21.5 Å². The van der Waals surface area contributed by atoms with Crippen LogP contribution in [0.2, 0.25) is 0 Å². The van der Waals surface area contributed by atoms with Gasteiger partial charge >= 0.3 is 0 Å². The molecule has 6 heteroatoms. The number of aliphatic hydroxyl groups excluding tert-OH is 1. The van der Waals surface area contributed by atoms with Crippen LogP contribution in [0.4, 0.5) is 0 Å². The lowest BCUT2D eigenvalue weighted by atomic mass is 9.89. The quantitative estimate of drug-likeness (QED) is 0.558. The van der Waals surface area contributed by atoms with Crippen molar-refractivity contribution in [3.8, 4) is 0 Å². The molecule has 2 aromatic carbocycles. The number of piperidine rings is 1. The van der Waals surface area contributed by atoms with Gasteiger partial charge in [-0.1, -0.05) is 36.4 Å². The number of rotatable bonds is 4. The fourth-order valence-corrected chi connectivity index (χ4v) is 3.82. The van der Waals surface area contributed by atoms with Crippen LogP contribution in [0.5, 0.6) is 0 Å². The van der Waals surface area contributed by atoms with Crippen molar-refractivity contribution < 1.29 is 9.90 Å². The second-order valence-electron chi connectivity index (χ2n) is 6.90. The maximum atomic E-state index is 12.5. The largest absolute Gasteiger partial charge is 0.387 e. The molecule has 2 heterocycles. The molecule has 4 rings (SSSR count). The lowest BCUT2D eigenvalue weighted by Crippen LogP contribution is -2.49. The van der Waals surface area contributed by atoms with E-state index in [4.69, 9.17) is 0 Å². The summed E-state index contributed by atoms with van der Waals surface area (Å²) in [6, 6.07) is 14.0. The van der Waals surface area contributed by atoms with Gasteiger partial charge in [-0.3, -0.25) is 10.2 Å². The molecule has 0 saturated carbocycles. The zero-order valence-electron chi connectivity index (χ0n) is 14.0. The molecule has 4 atom stereocenters. The van der Waals surface area contributed by atoms with Crippen LogP contribution >= 0.6 is 0 Å². The van der Waals surface area contributed by atoms with E-state index in [1.165, 1.54) is 0 Å². The number of hydrazine groups is 1. The van der Waals surface area contributed by atoms with E-state index in [0.717, 1.165) is 35.8 Å². The van der Waals surface area contributed by atoms with E-state index in [1.807, 2.05) is 42.5 Å². The fraction of sp³-hybridized carbons (Fsp3) is 0.421. The molecule has 1 amide bonds. The number of hydrogen-bond acceptors (Lipinski definition) is 5. The normalized spacial score (nSPS) is 27.0. The van der Waals surface area contributed by atoms with E-state index in [-0.39, 0.29) is 24.4 Å². The van der Waals surface area contributed by atoms with Gasteiger partial charge in [0.2, 0.25) is 5.91 Å². The summed E-state index contributed by atoms with van der Waals surface area (Å²) >= 11 is 0. The third kappa shape index (κ3) is 3.39. The van der Waals surface area contributed by atoms with Gasteiger partial charge in [0.1, 0.15) is 6.04 Å². The van der Waals surface area contributed by atoms with Gasteiger partial charge in [-0.2, -0.15) is 0 Å². The van der Waals surface area contributed by atoms with E-state index in [1.54, 1.807) is 0 Å². The molecule has 2 aliphatic heterocycles. The standard InChI is InChI=1S/C19H24N4O2/c24-17(14-6-5-12-3-1-2-4-13(12)9-14)11-21-19(25)18-15-10-20-8-7-16(15)22-23-18/h1-6,9,15-18,20,22-24H,7-8,10-11H2,(H,21,25).